The molecule has 166 valence electrons. The van der Waals surface area contributed by atoms with Gasteiger partial charge in [0, 0.05) is 17.3 Å². The third kappa shape index (κ3) is 3.98. The van der Waals surface area contributed by atoms with Gasteiger partial charge in [0.1, 0.15) is 11.4 Å². The SMILES string of the molecule is COc1cc(-c2n[nH]c3ccnc(-c4cccc(OC(F)(F)F)c4)c23)cc(OC)c1OC. The number of halogens is 3. The molecule has 4 aromatic rings. The number of nitrogens with zero attached hydrogens (tertiary/aromatic N) is 2. The predicted octanol–water partition coefficient (Wildman–Crippen LogP) is 5.22. The zero-order valence-corrected chi connectivity index (χ0v) is 17.3. The molecule has 0 amide bonds. The van der Waals surface area contributed by atoms with E-state index in [-0.39, 0.29) is 5.75 Å². The number of ether oxygens (including phenoxy) is 4. The third-order valence-electron chi connectivity index (χ3n) is 4.76. The van der Waals surface area contributed by atoms with Crippen LogP contribution in [-0.2, 0) is 0 Å². The van der Waals surface area contributed by atoms with Gasteiger partial charge in [0.05, 0.1) is 37.9 Å². The molecule has 0 fully saturated rings. The van der Waals surface area contributed by atoms with Crippen molar-refractivity contribution in [2.75, 3.05) is 21.3 Å². The van der Waals surface area contributed by atoms with Crippen molar-refractivity contribution in [1.29, 1.82) is 0 Å². The lowest BCUT2D eigenvalue weighted by atomic mass is 10.0. The number of rotatable bonds is 6. The van der Waals surface area contributed by atoms with Crippen LogP contribution in [0.25, 0.3) is 33.4 Å². The Balaban J connectivity index is 1.90. The second-order valence-electron chi connectivity index (χ2n) is 6.64. The highest BCUT2D eigenvalue weighted by Gasteiger charge is 2.31. The number of aromatic amines is 1. The summed E-state index contributed by atoms with van der Waals surface area (Å²) in [5.41, 5.74) is 2.69. The lowest BCUT2D eigenvalue weighted by molar-refractivity contribution is -0.274. The second kappa shape index (κ2) is 8.29. The summed E-state index contributed by atoms with van der Waals surface area (Å²) < 4.78 is 58.3. The van der Waals surface area contributed by atoms with Crippen molar-refractivity contribution in [3.63, 3.8) is 0 Å². The molecule has 0 radical (unpaired) electrons. The summed E-state index contributed by atoms with van der Waals surface area (Å²) >= 11 is 0. The van der Waals surface area contributed by atoms with E-state index in [4.69, 9.17) is 14.2 Å². The molecular weight excluding hydrogens is 427 g/mol. The summed E-state index contributed by atoms with van der Waals surface area (Å²) in [6.07, 6.45) is -3.25. The summed E-state index contributed by atoms with van der Waals surface area (Å²) in [4.78, 5) is 4.41. The van der Waals surface area contributed by atoms with E-state index in [0.717, 1.165) is 0 Å². The third-order valence-corrected chi connectivity index (χ3v) is 4.76. The first-order valence-electron chi connectivity index (χ1n) is 9.34. The fraction of sp³-hybridized carbons (Fsp3) is 0.182. The van der Waals surface area contributed by atoms with Gasteiger partial charge in [-0.2, -0.15) is 5.10 Å². The van der Waals surface area contributed by atoms with Crippen molar-refractivity contribution in [2.24, 2.45) is 0 Å². The van der Waals surface area contributed by atoms with Crippen LogP contribution in [0.15, 0.2) is 48.7 Å². The normalized spacial score (nSPS) is 11.4. The van der Waals surface area contributed by atoms with Crippen molar-refractivity contribution in [3.05, 3.63) is 48.7 Å². The molecule has 0 aliphatic carbocycles. The maximum atomic E-state index is 12.7. The number of H-pyrrole nitrogens is 1. The van der Waals surface area contributed by atoms with E-state index in [0.29, 0.717) is 50.7 Å². The predicted molar refractivity (Wildman–Crippen MR) is 111 cm³/mol. The summed E-state index contributed by atoms with van der Waals surface area (Å²) in [5.74, 6) is 0.952. The van der Waals surface area contributed by atoms with Crippen molar-refractivity contribution in [3.8, 4) is 45.5 Å². The monoisotopic (exact) mass is 445 g/mol. The van der Waals surface area contributed by atoms with Gasteiger partial charge < -0.3 is 18.9 Å². The van der Waals surface area contributed by atoms with Crippen molar-refractivity contribution in [2.45, 2.75) is 6.36 Å². The summed E-state index contributed by atoms with van der Waals surface area (Å²) in [6, 6.07) is 10.8. The van der Waals surface area contributed by atoms with Crippen LogP contribution in [0.1, 0.15) is 0 Å². The molecule has 2 aromatic heterocycles. The average molecular weight is 445 g/mol. The van der Waals surface area contributed by atoms with Crippen LogP contribution in [0, 0.1) is 0 Å². The smallest absolute Gasteiger partial charge is 0.493 e. The maximum Gasteiger partial charge on any atom is 0.573 e. The Morgan fingerprint density at radius 2 is 1.56 bits per heavy atom. The molecule has 0 saturated carbocycles. The molecule has 0 bridgehead atoms. The van der Waals surface area contributed by atoms with E-state index >= 15 is 0 Å². The standard InChI is InChI=1S/C22H18F3N3O4/c1-29-16-10-13(11-17(30-2)21(16)31-3)20-18-15(27-28-20)7-8-26-19(18)12-5-4-6-14(9-12)32-22(23,24)25/h4-11H,1-3H3,(H,27,28). The van der Waals surface area contributed by atoms with Crippen molar-refractivity contribution < 1.29 is 32.1 Å². The van der Waals surface area contributed by atoms with Crippen LogP contribution in [0.3, 0.4) is 0 Å². The summed E-state index contributed by atoms with van der Waals surface area (Å²) in [7, 11) is 4.51. The maximum absolute atomic E-state index is 12.7. The quantitative estimate of drug-likeness (QED) is 0.439. The number of fused-ring (bicyclic) bond motifs is 1. The van der Waals surface area contributed by atoms with Gasteiger partial charge in [-0.1, -0.05) is 12.1 Å². The van der Waals surface area contributed by atoms with Crippen LogP contribution in [0.5, 0.6) is 23.0 Å². The minimum atomic E-state index is -4.80. The van der Waals surface area contributed by atoms with Crippen molar-refractivity contribution >= 4 is 10.9 Å². The van der Waals surface area contributed by atoms with E-state index in [9.17, 15) is 13.2 Å². The number of pyridine rings is 1. The molecule has 0 atom stereocenters. The second-order valence-corrected chi connectivity index (χ2v) is 6.64. The van der Waals surface area contributed by atoms with E-state index in [1.807, 2.05) is 0 Å². The van der Waals surface area contributed by atoms with Crippen LogP contribution in [0.4, 0.5) is 13.2 Å². The largest absolute Gasteiger partial charge is 0.573 e. The Labute approximate surface area is 180 Å². The first kappa shape index (κ1) is 21.3. The highest BCUT2D eigenvalue weighted by molar-refractivity contribution is 6.02. The number of hydrogen-bond donors (Lipinski definition) is 1. The Morgan fingerprint density at radius 1 is 0.844 bits per heavy atom. The highest BCUT2D eigenvalue weighted by Crippen LogP contribution is 2.43. The number of hydrogen-bond acceptors (Lipinski definition) is 6. The molecule has 0 unspecified atom stereocenters. The molecule has 0 aliphatic heterocycles. The number of benzene rings is 2. The number of nitrogens with one attached hydrogen (secondary N) is 1. The lowest BCUT2D eigenvalue weighted by Crippen LogP contribution is -2.17. The molecule has 1 N–H and O–H groups in total. The highest BCUT2D eigenvalue weighted by atomic mass is 19.4. The van der Waals surface area contributed by atoms with E-state index in [1.165, 1.54) is 39.5 Å². The van der Waals surface area contributed by atoms with Gasteiger partial charge in [0.2, 0.25) is 5.75 Å². The van der Waals surface area contributed by atoms with Gasteiger partial charge in [-0.25, -0.2) is 0 Å². The molecule has 2 aromatic carbocycles. The van der Waals surface area contributed by atoms with Gasteiger partial charge >= 0.3 is 6.36 Å². The summed E-state index contributed by atoms with van der Waals surface area (Å²) in [5, 5.41) is 7.97. The van der Waals surface area contributed by atoms with Gasteiger partial charge in [0.25, 0.3) is 0 Å². The van der Waals surface area contributed by atoms with Gasteiger partial charge in [-0.3, -0.25) is 10.1 Å². The molecule has 2 heterocycles. The van der Waals surface area contributed by atoms with Gasteiger partial charge in [-0.05, 0) is 30.3 Å². The fourth-order valence-corrected chi connectivity index (χ4v) is 3.45. The van der Waals surface area contributed by atoms with Gasteiger partial charge in [-0.15, -0.1) is 13.2 Å². The molecule has 7 nitrogen and oxygen atoms in total. The Bertz CT molecular complexity index is 1250. The number of alkyl halides is 3. The van der Waals surface area contributed by atoms with E-state index in [2.05, 4.69) is 19.9 Å². The molecule has 10 heteroatoms. The lowest BCUT2D eigenvalue weighted by Gasteiger charge is -2.14. The first-order chi connectivity index (χ1) is 15.3. The minimum Gasteiger partial charge on any atom is -0.493 e. The molecule has 4 rings (SSSR count). The van der Waals surface area contributed by atoms with Crippen LogP contribution < -0.4 is 18.9 Å². The van der Waals surface area contributed by atoms with E-state index < -0.39 is 6.36 Å². The molecule has 0 aliphatic rings. The Hall–Kier alpha value is -3.95. The zero-order chi connectivity index (χ0) is 22.9. The topological polar surface area (TPSA) is 78.5 Å². The molecule has 0 saturated heterocycles. The zero-order valence-electron chi connectivity index (χ0n) is 17.3. The Kier molecular flexibility index (Phi) is 5.52. The number of methoxy groups -OCH3 is 3. The molecular formula is C22H18F3N3O4. The summed E-state index contributed by atoms with van der Waals surface area (Å²) in [6.45, 7) is 0. The molecule has 32 heavy (non-hydrogen) atoms. The first-order valence-corrected chi connectivity index (χ1v) is 9.34. The van der Waals surface area contributed by atoms with Crippen LogP contribution >= 0.6 is 0 Å². The van der Waals surface area contributed by atoms with E-state index in [1.54, 1.807) is 30.5 Å². The van der Waals surface area contributed by atoms with Gasteiger partial charge in [0.15, 0.2) is 11.5 Å². The van der Waals surface area contributed by atoms with Crippen LogP contribution in [0.2, 0.25) is 0 Å². The molecule has 0 spiro atoms. The van der Waals surface area contributed by atoms with Crippen molar-refractivity contribution in [1.82, 2.24) is 15.2 Å². The number of aromatic nitrogens is 3. The fourth-order valence-electron chi connectivity index (χ4n) is 3.45. The minimum absolute atomic E-state index is 0.341. The average Bonchev–Trinajstić information content (AvgIpc) is 3.21. The Morgan fingerprint density at radius 3 is 2.19 bits per heavy atom. The van der Waals surface area contributed by atoms with Crippen LogP contribution in [-0.4, -0.2) is 42.9 Å².